The van der Waals surface area contributed by atoms with Crippen molar-refractivity contribution < 1.29 is 18.0 Å². The number of benzene rings is 2. The average Bonchev–Trinajstić information content (AvgIpc) is 3.40. The van der Waals surface area contributed by atoms with Crippen LogP contribution in [0.15, 0.2) is 47.4 Å². The zero-order chi connectivity index (χ0) is 19.2. The lowest BCUT2D eigenvalue weighted by atomic mass is 10.0. The molecule has 8 heteroatoms. The molecule has 2 aromatic rings. The maximum atomic E-state index is 12.9. The average molecular weight is 385 g/mol. The van der Waals surface area contributed by atoms with E-state index >= 15 is 0 Å². The summed E-state index contributed by atoms with van der Waals surface area (Å²) in [7, 11) is -3.91. The van der Waals surface area contributed by atoms with E-state index in [-0.39, 0.29) is 34.0 Å². The summed E-state index contributed by atoms with van der Waals surface area (Å²) >= 11 is 0. The van der Waals surface area contributed by atoms with Gasteiger partial charge in [0.1, 0.15) is 0 Å². The second-order valence-corrected chi connectivity index (χ2v) is 8.54. The summed E-state index contributed by atoms with van der Waals surface area (Å²) in [5.74, 6) is -0.866. The van der Waals surface area contributed by atoms with Crippen LogP contribution in [0.3, 0.4) is 0 Å². The minimum absolute atomic E-state index is 0.0435. The number of hydrogen-bond donors (Lipinski definition) is 3. The summed E-state index contributed by atoms with van der Waals surface area (Å²) < 4.78 is 28.2. The molecule has 0 bridgehead atoms. The van der Waals surface area contributed by atoms with Crippen LogP contribution in [0, 0.1) is 0 Å². The molecular weight excluding hydrogens is 366 g/mol. The molecule has 1 aliphatic carbocycles. The van der Waals surface area contributed by atoms with Crippen LogP contribution >= 0.6 is 0 Å². The third kappa shape index (κ3) is 3.40. The Morgan fingerprint density at radius 1 is 1.15 bits per heavy atom. The summed E-state index contributed by atoms with van der Waals surface area (Å²) in [6.45, 7) is 1.72. The molecular formula is C19H19N3O4S. The van der Waals surface area contributed by atoms with E-state index in [4.69, 9.17) is 0 Å². The Labute approximate surface area is 157 Å². The number of nitrogens with one attached hydrogen (secondary N) is 3. The van der Waals surface area contributed by atoms with Gasteiger partial charge in [0.05, 0.1) is 22.1 Å². The molecule has 2 amide bonds. The SMILES string of the molecule is CC1C(=O)Nc2ccc(S(=O)(=O)Nc3ccccc3C(=O)NC3CC3)cc21. The van der Waals surface area contributed by atoms with Crippen LogP contribution in [-0.2, 0) is 14.8 Å². The lowest BCUT2D eigenvalue weighted by Gasteiger charge is -2.13. The van der Waals surface area contributed by atoms with Gasteiger partial charge in [-0.3, -0.25) is 14.3 Å². The first kappa shape index (κ1) is 17.5. The maximum Gasteiger partial charge on any atom is 0.261 e. The molecule has 1 atom stereocenters. The Morgan fingerprint density at radius 3 is 2.63 bits per heavy atom. The second-order valence-electron chi connectivity index (χ2n) is 6.86. The summed E-state index contributed by atoms with van der Waals surface area (Å²) in [5, 5.41) is 5.58. The Balaban J connectivity index is 1.63. The fourth-order valence-electron chi connectivity index (χ4n) is 3.03. The van der Waals surface area contributed by atoms with Crippen molar-refractivity contribution in [3.8, 4) is 0 Å². The van der Waals surface area contributed by atoms with E-state index in [2.05, 4.69) is 15.4 Å². The predicted octanol–water partition coefficient (Wildman–Crippen LogP) is 2.44. The minimum Gasteiger partial charge on any atom is -0.349 e. The number of hydrogen-bond acceptors (Lipinski definition) is 4. The van der Waals surface area contributed by atoms with Gasteiger partial charge >= 0.3 is 0 Å². The third-order valence-corrected chi connectivity index (χ3v) is 6.14. The van der Waals surface area contributed by atoms with Crippen molar-refractivity contribution in [1.29, 1.82) is 0 Å². The van der Waals surface area contributed by atoms with E-state index in [1.54, 1.807) is 37.3 Å². The zero-order valence-electron chi connectivity index (χ0n) is 14.7. The highest BCUT2D eigenvalue weighted by Gasteiger charge is 2.29. The van der Waals surface area contributed by atoms with Gasteiger partial charge < -0.3 is 10.6 Å². The summed E-state index contributed by atoms with van der Waals surface area (Å²) in [6, 6.07) is 11.2. The van der Waals surface area contributed by atoms with E-state index < -0.39 is 15.9 Å². The molecule has 1 fully saturated rings. The van der Waals surface area contributed by atoms with E-state index in [1.165, 1.54) is 12.1 Å². The van der Waals surface area contributed by atoms with E-state index in [9.17, 15) is 18.0 Å². The molecule has 3 N–H and O–H groups in total. The number of sulfonamides is 1. The minimum atomic E-state index is -3.91. The van der Waals surface area contributed by atoms with Crippen LogP contribution in [0.25, 0.3) is 0 Å². The van der Waals surface area contributed by atoms with Gasteiger partial charge in [0, 0.05) is 11.7 Å². The molecule has 2 aromatic carbocycles. The van der Waals surface area contributed by atoms with Gasteiger partial charge in [-0.25, -0.2) is 8.42 Å². The van der Waals surface area contributed by atoms with Crippen LogP contribution in [-0.4, -0.2) is 26.3 Å². The van der Waals surface area contributed by atoms with Gasteiger partial charge in [0.15, 0.2) is 0 Å². The highest BCUT2D eigenvalue weighted by atomic mass is 32.2. The smallest absolute Gasteiger partial charge is 0.261 e. The number of anilines is 2. The molecule has 4 rings (SSSR count). The summed E-state index contributed by atoms with van der Waals surface area (Å²) in [5.41, 5.74) is 1.76. The van der Waals surface area contributed by atoms with Gasteiger partial charge in [-0.05, 0) is 55.7 Å². The third-order valence-electron chi connectivity index (χ3n) is 4.78. The molecule has 1 unspecified atom stereocenters. The standard InChI is InChI=1S/C19H19N3O4S/c1-11-15-10-13(8-9-16(15)21-18(11)23)27(25,26)22-17-5-3-2-4-14(17)19(24)20-12-6-7-12/h2-5,8-12,22H,6-7H2,1H3,(H,20,24)(H,21,23). The highest BCUT2D eigenvalue weighted by molar-refractivity contribution is 7.92. The highest BCUT2D eigenvalue weighted by Crippen LogP contribution is 2.34. The molecule has 1 saturated carbocycles. The lowest BCUT2D eigenvalue weighted by Crippen LogP contribution is -2.27. The normalized spacial score (nSPS) is 18.6. The summed E-state index contributed by atoms with van der Waals surface area (Å²) in [4.78, 5) is 24.2. The largest absolute Gasteiger partial charge is 0.349 e. The number of amides is 2. The first-order valence-corrected chi connectivity index (χ1v) is 10.2. The molecule has 7 nitrogen and oxygen atoms in total. The van der Waals surface area contributed by atoms with Crippen molar-refractivity contribution in [3.05, 3.63) is 53.6 Å². The van der Waals surface area contributed by atoms with E-state index in [1.807, 2.05) is 0 Å². The van der Waals surface area contributed by atoms with Crippen molar-refractivity contribution in [3.63, 3.8) is 0 Å². The van der Waals surface area contributed by atoms with Gasteiger partial charge in [-0.1, -0.05) is 12.1 Å². The first-order chi connectivity index (χ1) is 12.8. The van der Waals surface area contributed by atoms with Crippen LogP contribution in [0.1, 0.15) is 41.6 Å². The van der Waals surface area contributed by atoms with Crippen molar-refractivity contribution in [2.45, 2.75) is 36.6 Å². The monoisotopic (exact) mass is 385 g/mol. The van der Waals surface area contributed by atoms with E-state index in [0.29, 0.717) is 11.3 Å². The van der Waals surface area contributed by atoms with Crippen LogP contribution in [0.5, 0.6) is 0 Å². The molecule has 0 radical (unpaired) electrons. The Hall–Kier alpha value is -2.87. The van der Waals surface area contributed by atoms with E-state index in [0.717, 1.165) is 12.8 Å². The molecule has 0 spiro atoms. The molecule has 27 heavy (non-hydrogen) atoms. The molecule has 2 aliphatic rings. The van der Waals surface area contributed by atoms with Crippen molar-refractivity contribution >= 4 is 33.2 Å². The molecule has 1 aliphatic heterocycles. The van der Waals surface area contributed by atoms with Crippen LogP contribution in [0.4, 0.5) is 11.4 Å². The number of carbonyl (C=O) groups is 2. The predicted molar refractivity (Wildman–Crippen MR) is 101 cm³/mol. The zero-order valence-corrected chi connectivity index (χ0v) is 15.5. The number of carbonyl (C=O) groups excluding carboxylic acids is 2. The number of rotatable bonds is 5. The van der Waals surface area contributed by atoms with Crippen LogP contribution < -0.4 is 15.4 Å². The Morgan fingerprint density at radius 2 is 1.89 bits per heavy atom. The quantitative estimate of drug-likeness (QED) is 0.735. The van der Waals surface area contributed by atoms with Gasteiger partial charge in [-0.15, -0.1) is 0 Å². The molecule has 1 heterocycles. The van der Waals surface area contributed by atoms with Gasteiger partial charge in [0.2, 0.25) is 5.91 Å². The van der Waals surface area contributed by atoms with Gasteiger partial charge in [0.25, 0.3) is 15.9 Å². The van der Waals surface area contributed by atoms with Crippen molar-refractivity contribution in [1.82, 2.24) is 5.32 Å². The maximum absolute atomic E-state index is 12.9. The Bertz CT molecular complexity index is 1040. The topological polar surface area (TPSA) is 104 Å². The Kier molecular flexibility index (Phi) is 4.15. The number of fused-ring (bicyclic) bond motifs is 1. The summed E-state index contributed by atoms with van der Waals surface area (Å²) in [6.07, 6.45) is 1.89. The number of para-hydroxylation sites is 1. The molecule has 140 valence electrons. The van der Waals surface area contributed by atoms with Crippen molar-refractivity contribution in [2.75, 3.05) is 10.0 Å². The lowest BCUT2D eigenvalue weighted by molar-refractivity contribution is -0.116. The second kappa shape index (κ2) is 6.38. The fraction of sp³-hybridized carbons (Fsp3) is 0.263. The van der Waals surface area contributed by atoms with Crippen LogP contribution in [0.2, 0.25) is 0 Å². The molecule has 0 saturated heterocycles. The fourth-order valence-corrected chi connectivity index (χ4v) is 4.14. The molecule has 0 aromatic heterocycles. The first-order valence-electron chi connectivity index (χ1n) is 8.73. The van der Waals surface area contributed by atoms with Crippen molar-refractivity contribution in [2.24, 2.45) is 0 Å². The van der Waals surface area contributed by atoms with Gasteiger partial charge in [-0.2, -0.15) is 0 Å².